The molecule has 1 aliphatic heterocycles. The first-order chi connectivity index (χ1) is 13.0. The molecule has 2 aliphatic rings. The van der Waals surface area contributed by atoms with Crippen LogP contribution in [0.1, 0.15) is 63.4 Å². The van der Waals surface area contributed by atoms with Crippen molar-refractivity contribution >= 4 is 17.6 Å². The molecule has 1 atom stereocenters. The Bertz CT molecular complexity index is 761. The van der Waals surface area contributed by atoms with Crippen LogP contribution in [-0.2, 0) is 14.3 Å². The van der Waals surface area contributed by atoms with Crippen LogP contribution in [0.3, 0.4) is 0 Å². The van der Waals surface area contributed by atoms with Gasteiger partial charge in [0.1, 0.15) is 6.10 Å². The van der Waals surface area contributed by atoms with Gasteiger partial charge in [0.15, 0.2) is 0 Å². The van der Waals surface area contributed by atoms with Crippen LogP contribution in [0.4, 0.5) is 5.69 Å². The quantitative estimate of drug-likeness (QED) is 0.376. The van der Waals surface area contributed by atoms with Crippen LogP contribution in [0.2, 0.25) is 0 Å². The summed E-state index contributed by atoms with van der Waals surface area (Å²) in [6.45, 7) is 1.69. The lowest BCUT2D eigenvalue weighted by Crippen LogP contribution is -2.35. The number of nitro groups is 1. The molecule has 1 aromatic rings. The van der Waals surface area contributed by atoms with Crippen molar-refractivity contribution in [2.24, 2.45) is 0 Å². The van der Waals surface area contributed by atoms with Crippen molar-refractivity contribution < 1.29 is 19.2 Å². The van der Waals surface area contributed by atoms with Crippen molar-refractivity contribution in [2.45, 2.75) is 63.9 Å². The first-order valence-corrected chi connectivity index (χ1v) is 9.41. The SMILES string of the molecule is CC1=C(C(=O)OC2CCCCCC2)C(c2ccc([N+](=O)[O-])cc2)CC(=O)N1. The number of nitrogens with zero attached hydrogens (tertiary/aromatic N) is 1. The van der Waals surface area contributed by atoms with Crippen LogP contribution >= 0.6 is 0 Å². The van der Waals surface area contributed by atoms with E-state index in [-0.39, 0.29) is 24.1 Å². The summed E-state index contributed by atoms with van der Waals surface area (Å²) in [6.07, 6.45) is 6.20. The number of non-ortho nitro benzene ring substituents is 1. The summed E-state index contributed by atoms with van der Waals surface area (Å²) >= 11 is 0. The summed E-state index contributed by atoms with van der Waals surface area (Å²) in [4.78, 5) is 35.3. The highest BCUT2D eigenvalue weighted by atomic mass is 16.6. The van der Waals surface area contributed by atoms with Crippen molar-refractivity contribution in [1.82, 2.24) is 5.32 Å². The maximum absolute atomic E-state index is 12.9. The van der Waals surface area contributed by atoms with Crippen molar-refractivity contribution in [2.75, 3.05) is 0 Å². The van der Waals surface area contributed by atoms with Gasteiger partial charge in [-0.25, -0.2) is 4.79 Å². The average molecular weight is 372 g/mol. The Hall–Kier alpha value is -2.70. The van der Waals surface area contributed by atoms with Gasteiger partial charge in [-0.15, -0.1) is 0 Å². The molecule has 1 fully saturated rings. The van der Waals surface area contributed by atoms with Crippen molar-refractivity contribution in [3.8, 4) is 0 Å². The van der Waals surface area contributed by atoms with E-state index in [4.69, 9.17) is 4.74 Å². The van der Waals surface area contributed by atoms with E-state index >= 15 is 0 Å². The van der Waals surface area contributed by atoms with Gasteiger partial charge in [-0.3, -0.25) is 14.9 Å². The molecule has 0 aromatic heterocycles. The molecular weight excluding hydrogens is 348 g/mol. The molecular formula is C20H24N2O5. The Morgan fingerprint density at radius 3 is 2.37 bits per heavy atom. The zero-order valence-corrected chi connectivity index (χ0v) is 15.4. The molecule has 0 saturated heterocycles. The molecule has 1 unspecified atom stereocenters. The number of carbonyl (C=O) groups is 2. The van der Waals surface area contributed by atoms with Gasteiger partial charge in [0, 0.05) is 30.2 Å². The fraction of sp³-hybridized carbons (Fsp3) is 0.500. The van der Waals surface area contributed by atoms with E-state index in [0.29, 0.717) is 16.8 Å². The molecule has 1 saturated carbocycles. The lowest BCUT2D eigenvalue weighted by molar-refractivity contribution is -0.384. The van der Waals surface area contributed by atoms with E-state index in [1.807, 2.05) is 0 Å². The predicted molar refractivity (Wildman–Crippen MR) is 98.9 cm³/mol. The average Bonchev–Trinajstić information content (AvgIpc) is 2.89. The molecule has 27 heavy (non-hydrogen) atoms. The second kappa shape index (κ2) is 8.33. The molecule has 1 N–H and O–H groups in total. The van der Waals surface area contributed by atoms with Crippen LogP contribution in [0.15, 0.2) is 35.5 Å². The van der Waals surface area contributed by atoms with E-state index in [2.05, 4.69) is 5.32 Å². The normalized spacial score (nSPS) is 21.4. The number of hydrogen-bond acceptors (Lipinski definition) is 5. The Morgan fingerprint density at radius 2 is 1.78 bits per heavy atom. The Kier molecular flexibility index (Phi) is 5.88. The number of hydrogen-bond donors (Lipinski definition) is 1. The molecule has 0 bridgehead atoms. The number of rotatable bonds is 4. The number of amides is 1. The smallest absolute Gasteiger partial charge is 0.336 e. The first kappa shape index (κ1) is 19.1. The Balaban J connectivity index is 1.84. The molecule has 7 nitrogen and oxygen atoms in total. The van der Waals surface area contributed by atoms with Gasteiger partial charge in [-0.1, -0.05) is 25.0 Å². The first-order valence-electron chi connectivity index (χ1n) is 9.41. The van der Waals surface area contributed by atoms with Crippen molar-refractivity contribution in [1.29, 1.82) is 0 Å². The van der Waals surface area contributed by atoms with E-state index < -0.39 is 16.8 Å². The third-order valence-electron chi connectivity index (χ3n) is 5.27. The number of ether oxygens (including phenoxy) is 1. The molecule has 1 aliphatic carbocycles. The number of carbonyl (C=O) groups excluding carboxylic acids is 2. The molecule has 0 radical (unpaired) electrons. The fourth-order valence-corrected chi connectivity index (χ4v) is 3.86. The summed E-state index contributed by atoms with van der Waals surface area (Å²) in [7, 11) is 0. The van der Waals surface area contributed by atoms with Crippen LogP contribution in [-0.4, -0.2) is 22.9 Å². The van der Waals surface area contributed by atoms with Crippen molar-refractivity contribution in [3.63, 3.8) is 0 Å². The third kappa shape index (κ3) is 4.53. The van der Waals surface area contributed by atoms with Crippen LogP contribution in [0.5, 0.6) is 0 Å². The van der Waals surface area contributed by atoms with Gasteiger partial charge < -0.3 is 10.1 Å². The minimum absolute atomic E-state index is 0.0257. The molecule has 1 aromatic carbocycles. The second-order valence-electron chi connectivity index (χ2n) is 7.21. The monoisotopic (exact) mass is 372 g/mol. The van der Waals surface area contributed by atoms with E-state index in [9.17, 15) is 19.7 Å². The summed E-state index contributed by atoms with van der Waals surface area (Å²) < 4.78 is 5.77. The minimum Gasteiger partial charge on any atom is -0.459 e. The molecule has 3 rings (SSSR count). The third-order valence-corrected chi connectivity index (χ3v) is 5.27. The lowest BCUT2D eigenvalue weighted by Gasteiger charge is -2.28. The van der Waals surface area contributed by atoms with E-state index in [1.165, 1.54) is 12.1 Å². The maximum Gasteiger partial charge on any atom is 0.336 e. The summed E-state index contributed by atoms with van der Waals surface area (Å²) in [6, 6.07) is 6.00. The highest BCUT2D eigenvalue weighted by Crippen LogP contribution is 2.35. The zero-order chi connectivity index (χ0) is 19.4. The highest BCUT2D eigenvalue weighted by molar-refractivity contribution is 5.95. The summed E-state index contributed by atoms with van der Waals surface area (Å²) in [5.41, 5.74) is 1.60. The second-order valence-corrected chi connectivity index (χ2v) is 7.21. The number of nitrogens with one attached hydrogen (secondary N) is 1. The van der Waals surface area contributed by atoms with Crippen LogP contribution in [0.25, 0.3) is 0 Å². The van der Waals surface area contributed by atoms with Gasteiger partial charge in [-0.2, -0.15) is 0 Å². The van der Waals surface area contributed by atoms with Crippen LogP contribution in [0, 0.1) is 10.1 Å². The van der Waals surface area contributed by atoms with Gasteiger partial charge in [0.05, 0.1) is 10.5 Å². The standard InChI is InChI=1S/C20H24N2O5/c1-13-19(20(24)27-16-6-4-2-3-5-7-16)17(12-18(23)21-13)14-8-10-15(11-9-14)22(25)26/h8-11,16-17H,2-7,12H2,1H3,(H,21,23). The van der Waals surface area contributed by atoms with Crippen LogP contribution < -0.4 is 5.32 Å². The van der Waals surface area contributed by atoms with E-state index in [1.54, 1.807) is 19.1 Å². The Morgan fingerprint density at radius 1 is 1.15 bits per heavy atom. The molecule has 1 amide bonds. The van der Waals surface area contributed by atoms with E-state index in [0.717, 1.165) is 38.5 Å². The van der Waals surface area contributed by atoms with Gasteiger partial charge >= 0.3 is 5.97 Å². The van der Waals surface area contributed by atoms with Gasteiger partial charge in [-0.05, 0) is 38.2 Å². The fourth-order valence-electron chi connectivity index (χ4n) is 3.86. The number of allylic oxidation sites excluding steroid dienone is 1. The molecule has 7 heteroatoms. The minimum atomic E-state index is -0.473. The molecule has 144 valence electrons. The van der Waals surface area contributed by atoms with Crippen molar-refractivity contribution in [3.05, 3.63) is 51.2 Å². The summed E-state index contributed by atoms with van der Waals surface area (Å²) in [5.74, 6) is -1.04. The summed E-state index contributed by atoms with van der Waals surface area (Å²) in [5, 5.41) is 13.6. The topological polar surface area (TPSA) is 98.5 Å². The Labute approximate surface area is 157 Å². The molecule has 0 spiro atoms. The van der Waals surface area contributed by atoms with Gasteiger partial charge in [0.25, 0.3) is 5.69 Å². The zero-order valence-electron chi connectivity index (χ0n) is 15.4. The molecule has 1 heterocycles. The predicted octanol–water partition coefficient (Wildman–Crippen LogP) is 3.74. The number of nitro benzene ring substituents is 1. The van der Waals surface area contributed by atoms with Gasteiger partial charge in [0.2, 0.25) is 5.91 Å². The number of benzene rings is 1. The number of esters is 1. The highest BCUT2D eigenvalue weighted by Gasteiger charge is 2.34. The largest absolute Gasteiger partial charge is 0.459 e. The maximum atomic E-state index is 12.9. The lowest BCUT2D eigenvalue weighted by atomic mass is 9.84.